The number of nitro groups is 1. The lowest BCUT2D eigenvalue weighted by molar-refractivity contribution is -0.384. The number of phenolic OH excluding ortho intramolecular Hbond substituents is 1. The molecule has 0 radical (unpaired) electrons. The minimum Gasteiger partial charge on any atom is -0.507 e. The molecule has 0 fully saturated rings. The van der Waals surface area contributed by atoms with Crippen molar-refractivity contribution >= 4 is 17.5 Å². The van der Waals surface area contributed by atoms with E-state index in [1.54, 1.807) is 12.1 Å². The molecule has 0 saturated heterocycles. The summed E-state index contributed by atoms with van der Waals surface area (Å²) in [6.07, 6.45) is 1.48. The smallest absolute Gasteiger partial charge is 0.270 e. The van der Waals surface area contributed by atoms with E-state index in [9.17, 15) is 20.0 Å². The number of aromatic hydroxyl groups is 1. The Kier molecular flexibility index (Phi) is 5.23. The van der Waals surface area contributed by atoms with E-state index in [4.69, 9.17) is 4.74 Å². The number of nitro benzene ring substituents is 1. The van der Waals surface area contributed by atoms with Gasteiger partial charge >= 0.3 is 0 Å². The number of nitrogens with zero attached hydrogens (tertiary/aromatic N) is 2. The van der Waals surface area contributed by atoms with Gasteiger partial charge in [-0.2, -0.15) is 0 Å². The van der Waals surface area contributed by atoms with Gasteiger partial charge in [0.1, 0.15) is 11.5 Å². The quantitative estimate of drug-likeness (QED) is 0.474. The number of carbonyl (C=O) groups is 1. The van der Waals surface area contributed by atoms with Gasteiger partial charge in [-0.05, 0) is 36.9 Å². The predicted octanol–water partition coefficient (Wildman–Crippen LogP) is 3.76. The average molecular weight is 368 g/mol. The van der Waals surface area contributed by atoms with Crippen molar-refractivity contribution < 1.29 is 19.6 Å². The fraction of sp³-hybridized carbons (Fsp3) is 0.250. The first-order valence-corrected chi connectivity index (χ1v) is 8.70. The van der Waals surface area contributed by atoms with Gasteiger partial charge in [0.05, 0.1) is 16.1 Å². The van der Waals surface area contributed by atoms with Gasteiger partial charge in [0, 0.05) is 18.7 Å². The number of ketones is 1. The number of ether oxygens (including phenoxy) is 1. The number of hydrogen-bond donors (Lipinski definition) is 1. The number of allylic oxidation sites excluding steroid dienone is 1. The number of hydrogen-bond acceptors (Lipinski definition) is 6. The largest absolute Gasteiger partial charge is 0.507 e. The van der Waals surface area contributed by atoms with Crippen molar-refractivity contribution in [2.75, 3.05) is 13.1 Å². The Morgan fingerprint density at radius 1 is 1.22 bits per heavy atom. The Balaban J connectivity index is 1.97. The van der Waals surface area contributed by atoms with Gasteiger partial charge in [-0.15, -0.1) is 0 Å². The zero-order valence-corrected chi connectivity index (χ0v) is 15.1. The van der Waals surface area contributed by atoms with Crippen LogP contribution in [0.2, 0.25) is 0 Å². The molecule has 0 saturated carbocycles. The summed E-state index contributed by atoms with van der Waals surface area (Å²) in [4.78, 5) is 25.2. The van der Waals surface area contributed by atoms with Crippen LogP contribution in [0.1, 0.15) is 35.3 Å². The zero-order chi connectivity index (χ0) is 19.6. The van der Waals surface area contributed by atoms with Crippen LogP contribution in [0.15, 0.2) is 42.2 Å². The van der Waals surface area contributed by atoms with Crippen LogP contribution in [-0.4, -0.2) is 33.8 Å². The lowest BCUT2D eigenvalue weighted by Crippen LogP contribution is -2.22. The van der Waals surface area contributed by atoms with Crippen LogP contribution in [-0.2, 0) is 6.54 Å². The number of fused-ring (bicyclic) bond motifs is 1. The van der Waals surface area contributed by atoms with Crippen LogP contribution in [0.4, 0.5) is 5.69 Å². The Labute approximate surface area is 156 Å². The van der Waals surface area contributed by atoms with E-state index in [0.29, 0.717) is 29.0 Å². The number of benzene rings is 2. The molecule has 2 aromatic rings. The standard InChI is InChI=1S/C20H20N2O5/c1-3-21(4-2)12-16-17(23)9-8-15-19(24)18(27-20(15)16)11-13-6-5-7-14(10-13)22(25)26/h5-11,23H,3-4,12H2,1-2H3. The van der Waals surface area contributed by atoms with Gasteiger partial charge in [-0.25, -0.2) is 0 Å². The highest BCUT2D eigenvalue weighted by Gasteiger charge is 2.31. The van der Waals surface area contributed by atoms with E-state index in [1.165, 1.54) is 30.3 Å². The molecule has 0 atom stereocenters. The molecule has 7 nitrogen and oxygen atoms in total. The van der Waals surface area contributed by atoms with Crippen molar-refractivity contribution in [3.63, 3.8) is 0 Å². The molecule has 27 heavy (non-hydrogen) atoms. The van der Waals surface area contributed by atoms with Gasteiger partial charge in [0.2, 0.25) is 5.78 Å². The molecular formula is C20H20N2O5. The molecule has 0 amide bonds. The minimum atomic E-state index is -0.492. The Bertz CT molecular complexity index is 932. The Morgan fingerprint density at radius 3 is 2.63 bits per heavy atom. The van der Waals surface area contributed by atoms with Crippen LogP contribution in [0, 0.1) is 10.1 Å². The molecule has 0 aromatic heterocycles. The number of phenols is 1. The monoisotopic (exact) mass is 368 g/mol. The maximum atomic E-state index is 12.7. The molecule has 1 aliphatic heterocycles. The van der Waals surface area contributed by atoms with Gasteiger partial charge in [0.15, 0.2) is 5.76 Å². The van der Waals surface area contributed by atoms with Crippen molar-refractivity contribution in [2.45, 2.75) is 20.4 Å². The fourth-order valence-electron chi connectivity index (χ4n) is 3.00. The number of non-ortho nitro benzene ring substituents is 1. The van der Waals surface area contributed by atoms with E-state index in [1.807, 2.05) is 13.8 Å². The summed E-state index contributed by atoms with van der Waals surface area (Å²) in [6, 6.07) is 9.00. The van der Waals surface area contributed by atoms with E-state index in [2.05, 4.69) is 4.90 Å². The number of rotatable bonds is 6. The molecule has 1 heterocycles. The molecule has 3 rings (SSSR count). The highest BCUT2D eigenvalue weighted by atomic mass is 16.6. The Morgan fingerprint density at radius 2 is 1.96 bits per heavy atom. The molecule has 0 aliphatic carbocycles. The van der Waals surface area contributed by atoms with Crippen LogP contribution in [0.25, 0.3) is 6.08 Å². The second-order valence-corrected chi connectivity index (χ2v) is 6.19. The lowest BCUT2D eigenvalue weighted by atomic mass is 10.0. The summed E-state index contributed by atoms with van der Waals surface area (Å²) in [5.74, 6) is 0.197. The van der Waals surface area contributed by atoms with Gasteiger partial charge in [-0.3, -0.25) is 19.8 Å². The van der Waals surface area contributed by atoms with E-state index in [-0.39, 0.29) is 23.0 Å². The van der Waals surface area contributed by atoms with E-state index < -0.39 is 4.92 Å². The van der Waals surface area contributed by atoms with Gasteiger partial charge < -0.3 is 9.84 Å². The first-order chi connectivity index (χ1) is 12.9. The van der Waals surface area contributed by atoms with Crippen molar-refractivity contribution in [1.29, 1.82) is 0 Å². The summed E-state index contributed by atoms with van der Waals surface area (Å²) >= 11 is 0. The van der Waals surface area contributed by atoms with Gasteiger partial charge in [0.25, 0.3) is 5.69 Å². The Hall–Kier alpha value is -3.19. The molecule has 1 aliphatic rings. The molecule has 7 heteroatoms. The third kappa shape index (κ3) is 3.68. The molecule has 0 unspecified atom stereocenters. The van der Waals surface area contributed by atoms with Crippen LogP contribution in [0.3, 0.4) is 0 Å². The second-order valence-electron chi connectivity index (χ2n) is 6.19. The summed E-state index contributed by atoms with van der Waals surface area (Å²) < 4.78 is 5.78. The summed E-state index contributed by atoms with van der Waals surface area (Å²) in [7, 11) is 0. The van der Waals surface area contributed by atoms with E-state index >= 15 is 0 Å². The fourth-order valence-corrected chi connectivity index (χ4v) is 3.00. The minimum absolute atomic E-state index is 0.0628. The molecule has 2 aromatic carbocycles. The highest BCUT2D eigenvalue weighted by molar-refractivity contribution is 6.15. The highest BCUT2D eigenvalue weighted by Crippen LogP contribution is 2.40. The molecule has 140 valence electrons. The van der Waals surface area contributed by atoms with Crippen molar-refractivity contribution in [3.8, 4) is 11.5 Å². The van der Waals surface area contributed by atoms with Crippen LogP contribution in [0.5, 0.6) is 11.5 Å². The normalized spacial score (nSPS) is 14.5. The SMILES string of the molecule is CCN(CC)Cc1c(O)ccc2c1OC(=Cc1cccc([N+](=O)[O-])c1)C2=O. The summed E-state index contributed by atoms with van der Waals surface area (Å²) in [5, 5.41) is 21.2. The topological polar surface area (TPSA) is 92.9 Å². The van der Waals surface area contributed by atoms with Crippen molar-refractivity contribution in [3.05, 3.63) is 69.0 Å². The molecule has 1 N–H and O–H groups in total. The van der Waals surface area contributed by atoms with Crippen LogP contribution >= 0.6 is 0 Å². The summed E-state index contributed by atoms with van der Waals surface area (Å²) in [6.45, 7) is 6.08. The predicted molar refractivity (Wildman–Crippen MR) is 101 cm³/mol. The molecule has 0 spiro atoms. The molecule has 0 bridgehead atoms. The van der Waals surface area contributed by atoms with E-state index in [0.717, 1.165) is 13.1 Å². The second kappa shape index (κ2) is 7.59. The number of Topliss-reactive ketones (excluding diaryl/α,β-unsaturated/α-hetero) is 1. The number of carbonyl (C=O) groups excluding carboxylic acids is 1. The van der Waals surface area contributed by atoms with Crippen molar-refractivity contribution in [2.24, 2.45) is 0 Å². The average Bonchev–Trinajstić information content (AvgIpc) is 2.97. The zero-order valence-electron chi connectivity index (χ0n) is 15.1. The van der Waals surface area contributed by atoms with Crippen LogP contribution < -0.4 is 4.74 Å². The third-order valence-electron chi connectivity index (χ3n) is 4.57. The van der Waals surface area contributed by atoms with Crippen molar-refractivity contribution in [1.82, 2.24) is 4.90 Å². The maximum absolute atomic E-state index is 12.7. The maximum Gasteiger partial charge on any atom is 0.270 e. The third-order valence-corrected chi connectivity index (χ3v) is 4.57. The molecular weight excluding hydrogens is 348 g/mol. The first-order valence-electron chi connectivity index (χ1n) is 8.70. The first kappa shape index (κ1) is 18.6. The lowest BCUT2D eigenvalue weighted by Gasteiger charge is -2.20. The van der Waals surface area contributed by atoms with Gasteiger partial charge in [-0.1, -0.05) is 26.0 Å². The summed E-state index contributed by atoms with van der Waals surface area (Å²) in [5.41, 5.74) is 1.38.